The molecule has 2 aromatic carbocycles. The van der Waals surface area contributed by atoms with Crippen molar-refractivity contribution in [1.29, 1.82) is 0 Å². The fraction of sp³-hybridized carbons (Fsp3) is 0.0556. The van der Waals surface area contributed by atoms with Crippen LogP contribution in [-0.4, -0.2) is 19.3 Å². The monoisotopic (exact) mass is 325 g/mol. The number of carbonyl (C=O) groups is 1. The number of hydrogen-bond acceptors (Lipinski definition) is 3. The Hall–Kier alpha value is -2.66. The Bertz CT molecular complexity index is 943. The maximum atomic E-state index is 13.0. The number of aromatic nitrogens is 1. The van der Waals surface area contributed by atoms with E-state index in [0.29, 0.717) is 17.7 Å². The summed E-state index contributed by atoms with van der Waals surface area (Å²) < 4.78 is 27.6. The van der Waals surface area contributed by atoms with Gasteiger partial charge in [0.05, 0.1) is 21.2 Å². The van der Waals surface area contributed by atoms with Crippen molar-refractivity contribution in [2.45, 2.75) is 9.79 Å². The van der Waals surface area contributed by atoms with E-state index in [-0.39, 0.29) is 9.79 Å². The summed E-state index contributed by atoms with van der Waals surface area (Å²) in [5.41, 5.74) is 1.58. The molecule has 0 atom stereocenters. The van der Waals surface area contributed by atoms with Gasteiger partial charge < -0.3 is 4.57 Å². The Morgan fingerprint density at radius 3 is 2.04 bits per heavy atom. The Morgan fingerprint density at radius 1 is 0.913 bits per heavy atom. The molecule has 3 aromatic rings. The minimum absolute atomic E-state index is 0.138. The highest BCUT2D eigenvalue weighted by Crippen LogP contribution is 2.33. The van der Waals surface area contributed by atoms with E-state index < -0.39 is 9.84 Å². The van der Waals surface area contributed by atoms with Gasteiger partial charge in [-0.15, -0.1) is 0 Å². The summed E-state index contributed by atoms with van der Waals surface area (Å²) in [7, 11) is -2.02. The van der Waals surface area contributed by atoms with E-state index >= 15 is 0 Å². The van der Waals surface area contributed by atoms with Crippen LogP contribution in [0.15, 0.2) is 76.5 Å². The van der Waals surface area contributed by atoms with Crippen molar-refractivity contribution < 1.29 is 13.2 Å². The number of nitrogens with zero attached hydrogens (tertiary/aromatic N) is 1. The van der Waals surface area contributed by atoms with Crippen LogP contribution in [0.1, 0.15) is 10.5 Å². The molecule has 0 saturated heterocycles. The lowest BCUT2D eigenvalue weighted by Gasteiger charge is -2.09. The fourth-order valence-electron chi connectivity index (χ4n) is 2.57. The zero-order valence-corrected chi connectivity index (χ0v) is 13.3. The standard InChI is InChI=1S/C18H15NO3S/c1-19-15(13-20)12-17(18(19)14-8-4-2-5-9-14)23(21,22)16-10-6-3-7-11-16/h2-13H,1H3. The Morgan fingerprint density at radius 2 is 1.48 bits per heavy atom. The molecule has 0 saturated carbocycles. The summed E-state index contributed by atoms with van der Waals surface area (Å²) in [6, 6.07) is 18.8. The number of benzene rings is 2. The van der Waals surface area contributed by atoms with Crippen LogP contribution in [0.25, 0.3) is 11.3 Å². The second-order valence-corrected chi connectivity index (χ2v) is 7.06. The van der Waals surface area contributed by atoms with Gasteiger partial charge in [-0.05, 0) is 23.8 Å². The molecule has 5 heteroatoms. The van der Waals surface area contributed by atoms with E-state index in [2.05, 4.69) is 0 Å². The first kappa shape index (κ1) is 15.2. The molecule has 1 heterocycles. The highest BCUT2D eigenvalue weighted by Gasteiger charge is 2.26. The van der Waals surface area contributed by atoms with Gasteiger partial charge in [0.1, 0.15) is 0 Å². The van der Waals surface area contributed by atoms with Crippen molar-refractivity contribution in [1.82, 2.24) is 4.57 Å². The molecule has 0 N–H and O–H groups in total. The Labute approximate surface area is 134 Å². The van der Waals surface area contributed by atoms with Gasteiger partial charge in [0, 0.05) is 7.05 Å². The first-order valence-electron chi connectivity index (χ1n) is 7.06. The number of carbonyl (C=O) groups excluding carboxylic acids is 1. The van der Waals surface area contributed by atoms with Crippen LogP contribution in [-0.2, 0) is 16.9 Å². The smallest absolute Gasteiger partial charge is 0.208 e. The third kappa shape index (κ3) is 2.59. The third-order valence-electron chi connectivity index (χ3n) is 3.75. The van der Waals surface area contributed by atoms with Crippen LogP contribution in [0.3, 0.4) is 0 Å². The molecule has 23 heavy (non-hydrogen) atoms. The van der Waals surface area contributed by atoms with Crippen molar-refractivity contribution in [2.24, 2.45) is 7.05 Å². The van der Waals surface area contributed by atoms with Crippen LogP contribution >= 0.6 is 0 Å². The molecule has 0 aliphatic carbocycles. The van der Waals surface area contributed by atoms with E-state index in [1.807, 2.05) is 30.3 Å². The molecule has 0 aliphatic rings. The summed E-state index contributed by atoms with van der Waals surface area (Å²) in [5, 5.41) is 0. The van der Waals surface area contributed by atoms with Gasteiger partial charge in [-0.2, -0.15) is 0 Å². The maximum absolute atomic E-state index is 13.0. The van der Waals surface area contributed by atoms with Gasteiger partial charge in [-0.3, -0.25) is 4.79 Å². The van der Waals surface area contributed by atoms with E-state index in [4.69, 9.17) is 0 Å². The van der Waals surface area contributed by atoms with Crippen LogP contribution < -0.4 is 0 Å². The normalized spacial score (nSPS) is 11.3. The van der Waals surface area contributed by atoms with Gasteiger partial charge in [-0.1, -0.05) is 48.5 Å². The van der Waals surface area contributed by atoms with Crippen molar-refractivity contribution in [3.8, 4) is 11.3 Å². The summed E-state index contributed by atoms with van der Waals surface area (Å²) in [6.07, 6.45) is 0.663. The van der Waals surface area contributed by atoms with Gasteiger partial charge in [-0.25, -0.2) is 8.42 Å². The van der Waals surface area contributed by atoms with Crippen molar-refractivity contribution in [3.63, 3.8) is 0 Å². The minimum Gasteiger partial charge on any atom is -0.340 e. The van der Waals surface area contributed by atoms with Crippen molar-refractivity contribution in [3.05, 3.63) is 72.4 Å². The lowest BCUT2D eigenvalue weighted by atomic mass is 10.1. The van der Waals surface area contributed by atoms with E-state index in [0.717, 1.165) is 5.56 Å². The number of aldehydes is 1. The van der Waals surface area contributed by atoms with Crippen LogP contribution in [0.2, 0.25) is 0 Å². The number of hydrogen-bond donors (Lipinski definition) is 0. The molecular formula is C18H15NO3S. The van der Waals surface area contributed by atoms with Gasteiger partial charge >= 0.3 is 0 Å². The highest BCUT2D eigenvalue weighted by molar-refractivity contribution is 7.91. The molecule has 0 spiro atoms. The summed E-state index contributed by atoms with van der Waals surface area (Å²) >= 11 is 0. The van der Waals surface area contributed by atoms with E-state index in [9.17, 15) is 13.2 Å². The molecule has 116 valence electrons. The molecule has 1 aromatic heterocycles. The molecule has 0 amide bonds. The molecular weight excluding hydrogens is 310 g/mol. The Kier molecular flexibility index (Phi) is 3.88. The average molecular weight is 325 g/mol. The first-order chi connectivity index (χ1) is 11.1. The predicted octanol–water partition coefficient (Wildman–Crippen LogP) is 3.34. The predicted molar refractivity (Wildman–Crippen MR) is 88.1 cm³/mol. The van der Waals surface area contributed by atoms with Gasteiger partial charge in [0.2, 0.25) is 9.84 Å². The van der Waals surface area contributed by atoms with E-state index in [1.54, 1.807) is 41.9 Å². The number of rotatable bonds is 4. The quantitative estimate of drug-likeness (QED) is 0.691. The highest BCUT2D eigenvalue weighted by atomic mass is 32.2. The second-order valence-electron chi connectivity index (χ2n) is 5.14. The fourth-order valence-corrected chi connectivity index (χ4v) is 4.12. The zero-order chi connectivity index (χ0) is 16.4. The van der Waals surface area contributed by atoms with E-state index in [1.165, 1.54) is 6.07 Å². The summed E-state index contributed by atoms with van der Waals surface area (Å²) in [6.45, 7) is 0. The molecule has 0 bridgehead atoms. The van der Waals surface area contributed by atoms with Crippen LogP contribution in [0, 0.1) is 0 Å². The molecule has 0 radical (unpaired) electrons. The van der Waals surface area contributed by atoms with Crippen molar-refractivity contribution >= 4 is 16.1 Å². The van der Waals surface area contributed by atoms with Gasteiger partial charge in [0.15, 0.2) is 6.29 Å². The van der Waals surface area contributed by atoms with Crippen LogP contribution in [0.5, 0.6) is 0 Å². The van der Waals surface area contributed by atoms with Crippen molar-refractivity contribution in [2.75, 3.05) is 0 Å². The third-order valence-corrected chi connectivity index (χ3v) is 5.53. The molecule has 0 aliphatic heterocycles. The average Bonchev–Trinajstić information content (AvgIpc) is 2.94. The molecule has 4 nitrogen and oxygen atoms in total. The maximum Gasteiger partial charge on any atom is 0.208 e. The summed E-state index contributed by atoms with van der Waals surface area (Å²) in [5.74, 6) is 0. The summed E-state index contributed by atoms with van der Waals surface area (Å²) in [4.78, 5) is 11.6. The molecule has 0 unspecified atom stereocenters. The largest absolute Gasteiger partial charge is 0.340 e. The lowest BCUT2D eigenvalue weighted by molar-refractivity contribution is 0.111. The SMILES string of the molecule is Cn1c(C=O)cc(S(=O)(=O)c2ccccc2)c1-c1ccccc1. The molecule has 3 rings (SSSR count). The first-order valence-corrected chi connectivity index (χ1v) is 8.54. The number of sulfone groups is 1. The van der Waals surface area contributed by atoms with Gasteiger partial charge in [0.25, 0.3) is 0 Å². The zero-order valence-electron chi connectivity index (χ0n) is 12.5. The second kappa shape index (κ2) is 5.85. The lowest BCUT2D eigenvalue weighted by Crippen LogP contribution is -2.04. The minimum atomic E-state index is -3.71. The Balaban J connectivity index is 2.31. The topological polar surface area (TPSA) is 56.1 Å². The van der Waals surface area contributed by atoms with Crippen LogP contribution in [0.4, 0.5) is 0 Å². The molecule has 0 fully saturated rings.